The maximum absolute atomic E-state index is 11.4. The van der Waals surface area contributed by atoms with Crippen molar-refractivity contribution in [3.05, 3.63) is 0 Å². The van der Waals surface area contributed by atoms with Crippen LogP contribution in [0.25, 0.3) is 0 Å². The summed E-state index contributed by atoms with van der Waals surface area (Å²) in [5.41, 5.74) is 0. The molecular formula is C10H20N2O. The highest BCUT2D eigenvalue weighted by atomic mass is 16.1. The van der Waals surface area contributed by atoms with Crippen molar-refractivity contribution in [1.82, 2.24) is 10.2 Å². The zero-order chi connectivity index (χ0) is 9.68. The first-order chi connectivity index (χ1) is 6.18. The molecule has 0 aromatic heterocycles. The summed E-state index contributed by atoms with van der Waals surface area (Å²) in [6.45, 7) is 0.846. The van der Waals surface area contributed by atoms with Crippen molar-refractivity contribution in [2.24, 2.45) is 0 Å². The number of nitrogens with one attached hydrogen (secondary N) is 1. The molecule has 0 atom stereocenters. The van der Waals surface area contributed by atoms with Gasteiger partial charge in [-0.2, -0.15) is 0 Å². The van der Waals surface area contributed by atoms with E-state index >= 15 is 0 Å². The number of carbonyl (C=O) groups is 1. The van der Waals surface area contributed by atoms with Crippen molar-refractivity contribution >= 4 is 5.91 Å². The molecule has 1 N–H and O–H groups in total. The Balaban J connectivity index is 2.09. The number of carbonyl (C=O) groups excluding carboxylic acids is 1. The van der Waals surface area contributed by atoms with Crippen molar-refractivity contribution in [3.8, 4) is 0 Å². The average Bonchev–Trinajstić information content (AvgIpc) is 2.53. The Morgan fingerprint density at radius 1 is 1.38 bits per heavy atom. The molecule has 76 valence electrons. The molecule has 0 bridgehead atoms. The summed E-state index contributed by atoms with van der Waals surface area (Å²) in [6.07, 6.45) is 5.53. The van der Waals surface area contributed by atoms with E-state index in [9.17, 15) is 4.79 Å². The fourth-order valence-corrected chi connectivity index (χ4v) is 1.70. The van der Waals surface area contributed by atoms with Gasteiger partial charge in [0.25, 0.3) is 0 Å². The van der Waals surface area contributed by atoms with Crippen molar-refractivity contribution in [3.63, 3.8) is 0 Å². The zero-order valence-corrected chi connectivity index (χ0v) is 8.68. The molecule has 3 heteroatoms. The Morgan fingerprint density at radius 2 is 2.00 bits per heavy atom. The molecular weight excluding hydrogens is 164 g/mol. The summed E-state index contributed by atoms with van der Waals surface area (Å²) in [4.78, 5) is 13.4. The van der Waals surface area contributed by atoms with Crippen molar-refractivity contribution < 1.29 is 4.79 Å². The SMILES string of the molecule is CN(C)CCC(=O)NC1CCCC1. The van der Waals surface area contributed by atoms with Crippen molar-refractivity contribution in [2.45, 2.75) is 38.1 Å². The summed E-state index contributed by atoms with van der Waals surface area (Å²) < 4.78 is 0. The average molecular weight is 184 g/mol. The second-order valence-corrected chi connectivity index (χ2v) is 4.10. The standard InChI is InChI=1S/C10H20N2O/c1-12(2)8-7-10(13)11-9-5-3-4-6-9/h9H,3-8H2,1-2H3,(H,11,13). The Hall–Kier alpha value is -0.570. The number of rotatable bonds is 4. The first kappa shape index (κ1) is 10.5. The van der Waals surface area contributed by atoms with Crippen LogP contribution in [0.5, 0.6) is 0 Å². The van der Waals surface area contributed by atoms with Gasteiger partial charge < -0.3 is 10.2 Å². The van der Waals surface area contributed by atoms with Gasteiger partial charge in [0.2, 0.25) is 5.91 Å². The minimum atomic E-state index is 0.209. The molecule has 0 aromatic carbocycles. The Morgan fingerprint density at radius 3 is 2.54 bits per heavy atom. The van der Waals surface area contributed by atoms with Gasteiger partial charge in [-0.15, -0.1) is 0 Å². The van der Waals surface area contributed by atoms with Crippen LogP contribution < -0.4 is 5.32 Å². The van der Waals surface area contributed by atoms with Gasteiger partial charge in [-0.3, -0.25) is 4.79 Å². The van der Waals surface area contributed by atoms with Crippen LogP contribution in [0, 0.1) is 0 Å². The molecule has 0 aliphatic heterocycles. The maximum atomic E-state index is 11.4. The summed E-state index contributed by atoms with van der Waals surface area (Å²) >= 11 is 0. The van der Waals surface area contributed by atoms with Gasteiger partial charge in [0.05, 0.1) is 0 Å². The smallest absolute Gasteiger partial charge is 0.221 e. The van der Waals surface area contributed by atoms with Crippen LogP contribution in [0.2, 0.25) is 0 Å². The van der Waals surface area contributed by atoms with Crippen LogP contribution in [0.1, 0.15) is 32.1 Å². The van der Waals surface area contributed by atoms with E-state index in [4.69, 9.17) is 0 Å². The lowest BCUT2D eigenvalue weighted by Crippen LogP contribution is -2.34. The molecule has 3 nitrogen and oxygen atoms in total. The van der Waals surface area contributed by atoms with E-state index in [0.29, 0.717) is 12.5 Å². The number of hydrogen-bond acceptors (Lipinski definition) is 2. The molecule has 0 heterocycles. The molecule has 1 fully saturated rings. The van der Waals surface area contributed by atoms with Crippen LogP contribution in [0.4, 0.5) is 0 Å². The van der Waals surface area contributed by atoms with Crippen LogP contribution in [-0.4, -0.2) is 37.5 Å². The first-order valence-corrected chi connectivity index (χ1v) is 5.12. The first-order valence-electron chi connectivity index (χ1n) is 5.12. The summed E-state index contributed by atoms with van der Waals surface area (Å²) in [6, 6.07) is 0.467. The number of hydrogen-bond donors (Lipinski definition) is 1. The Bertz CT molecular complexity index is 162. The Kier molecular flexibility index (Phi) is 4.22. The lowest BCUT2D eigenvalue weighted by molar-refractivity contribution is -0.122. The van der Waals surface area contributed by atoms with Gasteiger partial charge >= 0.3 is 0 Å². The molecule has 0 saturated heterocycles. The lowest BCUT2D eigenvalue weighted by atomic mass is 10.2. The normalized spacial score (nSPS) is 18.1. The molecule has 0 spiro atoms. The second-order valence-electron chi connectivity index (χ2n) is 4.10. The topological polar surface area (TPSA) is 32.3 Å². The Labute approximate surface area is 80.5 Å². The van der Waals surface area contributed by atoms with E-state index in [-0.39, 0.29) is 5.91 Å². The highest BCUT2D eigenvalue weighted by molar-refractivity contribution is 5.76. The fourth-order valence-electron chi connectivity index (χ4n) is 1.70. The van der Waals surface area contributed by atoms with E-state index in [0.717, 1.165) is 6.54 Å². The minimum absolute atomic E-state index is 0.209. The quantitative estimate of drug-likeness (QED) is 0.707. The van der Waals surface area contributed by atoms with Gasteiger partial charge in [0.15, 0.2) is 0 Å². The van der Waals surface area contributed by atoms with Gasteiger partial charge in [0, 0.05) is 19.0 Å². The van der Waals surface area contributed by atoms with E-state index in [2.05, 4.69) is 5.32 Å². The zero-order valence-electron chi connectivity index (χ0n) is 8.68. The summed E-state index contributed by atoms with van der Waals surface area (Å²) in [5, 5.41) is 3.07. The fraction of sp³-hybridized carbons (Fsp3) is 0.900. The van der Waals surface area contributed by atoms with Crippen LogP contribution in [0.3, 0.4) is 0 Å². The highest BCUT2D eigenvalue weighted by Gasteiger charge is 2.16. The minimum Gasteiger partial charge on any atom is -0.353 e. The van der Waals surface area contributed by atoms with Gasteiger partial charge in [-0.05, 0) is 26.9 Å². The van der Waals surface area contributed by atoms with Crippen molar-refractivity contribution in [2.75, 3.05) is 20.6 Å². The third kappa shape index (κ3) is 4.27. The largest absolute Gasteiger partial charge is 0.353 e. The number of nitrogens with zero attached hydrogens (tertiary/aromatic N) is 1. The van der Waals surface area contributed by atoms with Crippen LogP contribution >= 0.6 is 0 Å². The molecule has 1 amide bonds. The predicted molar refractivity (Wildman–Crippen MR) is 53.6 cm³/mol. The molecule has 1 saturated carbocycles. The van der Waals surface area contributed by atoms with E-state index in [1.807, 2.05) is 19.0 Å². The number of amides is 1. The molecule has 13 heavy (non-hydrogen) atoms. The summed E-state index contributed by atoms with van der Waals surface area (Å²) in [5.74, 6) is 0.209. The molecule has 1 aliphatic carbocycles. The molecule has 1 rings (SSSR count). The third-order valence-corrected chi connectivity index (χ3v) is 2.51. The van der Waals surface area contributed by atoms with E-state index in [1.165, 1.54) is 25.7 Å². The predicted octanol–water partition coefficient (Wildman–Crippen LogP) is 0.997. The van der Waals surface area contributed by atoms with Crippen molar-refractivity contribution in [1.29, 1.82) is 0 Å². The molecule has 0 unspecified atom stereocenters. The second kappa shape index (κ2) is 5.22. The van der Waals surface area contributed by atoms with Crippen LogP contribution in [0.15, 0.2) is 0 Å². The van der Waals surface area contributed by atoms with Gasteiger partial charge in [-0.25, -0.2) is 0 Å². The summed E-state index contributed by atoms with van der Waals surface area (Å²) in [7, 11) is 3.98. The van der Waals surface area contributed by atoms with Gasteiger partial charge in [-0.1, -0.05) is 12.8 Å². The van der Waals surface area contributed by atoms with E-state index in [1.54, 1.807) is 0 Å². The maximum Gasteiger partial charge on any atom is 0.221 e. The lowest BCUT2D eigenvalue weighted by Gasteiger charge is -2.13. The highest BCUT2D eigenvalue weighted by Crippen LogP contribution is 2.17. The van der Waals surface area contributed by atoms with E-state index < -0.39 is 0 Å². The monoisotopic (exact) mass is 184 g/mol. The molecule has 0 radical (unpaired) electrons. The third-order valence-electron chi connectivity index (χ3n) is 2.51. The van der Waals surface area contributed by atoms with Crippen LogP contribution in [-0.2, 0) is 4.79 Å². The van der Waals surface area contributed by atoms with Gasteiger partial charge in [0.1, 0.15) is 0 Å². The molecule has 0 aromatic rings. The molecule has 1 aliphatic rings.